The number of hydrogen-bond donors (Lipinski definition) is 0. The zero-order valence-electron chi connectivity index (χ0n) is 12.0. The van der Waals surface area contributed by atoms with Crippen molar-refractivity contribution in [2.75, 3.05) is 0 Å². The van der Waals surface area contributed by atoms with Crippen LogP contribution < -0.4 is 10.6 Å². The molecule has 0 atom stereocenters. The van der Waals surface area contributed by atoms with Crippen molar-refractivity contribution in [1.29, 1.82) is 0 Å². The Morgan fingerprint density at radius 1 is 0.682 bits per heavy atom. The second-order valence-electron chi connectivity index (χ2n) is 5.20. The Balaban J connectivity index is 2.08. The van der Waals surface area contributed by atoms with Gasteiger partial charge in [0.25, 0.3) is 0 Å². The zero-order chi connectivity index (χ0) is 15.4. The van der Waals surface area contributed by atoms with Crippen molar-refractivity contribution >= 4 is 29.4 Å². The van der Waals surface area contributed by atoms with E-state index in [4.69, 9.17) is 11.6 Å². The van der Waals surface area contributed by atoms with Gasteiger partial charge in [-0.15, -0.1) is 0 Å². The summed E-state index contributed by atoms with van der Waals surface area (Å²) in [5.74, 6) is 0. The summed E-state index contributed by atoms with van der Waals surface area (Å²) >= 11 is 5.95. The molecule has 0 aliphatic carbocycles. The van der Waals surface area contributed by atoms with Gasteiger partial charge in [-0.1, -0.05) is 84.4 Å². The van der Waals surface area contributed by atoms with Crippen molar-refractivity contribution in [1.82, 2.24) is 0 Å². The molecule has 0 radical (unpaired) electrons. The molecule has 0 bridgehead atoms. The Hall–Kier alpha value is -1.82. The van der Waals surface area contributed by atoms with Gasteiger partial charge in [0.15, 0.2) is 0 Å². The van der Waals surface area contributed by atoms with E-state index < -0.39 is 7.14 Å². The highest BCUT2D eigenvalue weighted by Crippen LogP contribution is 2.46. The predicted molar refractivity (Wildman–Crippen MR) is 94.9 cm³/mol. The van der Waals surface area contributed by atoms with E-state index in [-0.39, 0.29) is 0 Å². The van der Waals surface area contributed by atoms with Crippen LogP contribution in [-0.2, 0) is 10.7 Å². The Kier molecular flexibility index (Phi) is 4.47. The van der Waals surface area contributed by atoms with Crippen molar-refractivity contribution in [3.8, 4) is 0 Å². The topological polar surface area (TPSA) is 17.1 Å². The lowest BCUT2D eigenvalue weighted by molar-refractivity contribution is 0.586. The molecule has 0 heterocycles. The second-order valence-corrected chi connectivity index (χ2v) is 8.46. The summed E-state index contributed by atoms with van der Waals surface area (Å²) in [6, 6.07) is 27.0. The summed E-state index contributed by atoms with van der Waals surface area (Å²) < 4.78 is 13.8. The standard InChI is InChI=1S/C19H16ClOP/c20-17-13-11-16(12-14-17)15-22(21,18-7-3-1-4-8-18)19-9-5-2-6-10-19/h1-14H,15H2. The lowest BCUT2D eigenvalue weighted by Gasteiger charge is -2.19. The monoisotopic (exact) mass is 326 g/mol. The molecule has 0 saturated carbocycles. The molecule has 0 aromatic heterocycles. The SMILES string of the molecule is O=P(Cc1ccc(Cl)cc1)(c1ccccc1)c1ccccc1. The van der Waals surface area contributed by atoms with E-state index in [2.05, 4.69) is 0 Å². The molecule has 0 aliphatic rings. The quantitative estimate of drug-likeness (QED) is 0.626. The van der Waals surface area contributed by atoms with Crippen LogP contribution in [0.15, 0.2) is 84.9 Å². The zero-order valence-corrected chi connectivity index (χ0v) is 13.7. The summed E-state index contributed by atoms with van der Waals surface area (Å²) in [6.45, 7) is 0. The Bertz CT molecular complexity index is 739. The van der Waals surface area contributed by atoms with Crippen molar-refractivity contribution in [2.45, 2.75) is 6.16 Å². The van der Waals surface area contributed by atoms with Crippen LogP contribution in [0.2, 0.25) is 5.02 Å². The molecule has 3 aromatic rings. The van der Waals surface area contributed by atoms with Crippen molar-refractivity contribution in [2.24, 2.45) is 0 Å². The number of rotatable bonds is 4. The normalized spacial score (nSPS) is 11.3. The van der Waals surface area contributed by atoms with Crippen LogP contribution in [-0.4, -0.2) is 0 Å². The predicted octanol–water partition coefficient (Wildman–Crippen LogP) is 4.85. The van der Waals surface area contributed by atoms with Gasteiger partial charge >= 0.3 is 0 Å². The highest BCUT2D eigenvalue weighted by molar-refractivity contribution is 7.78. The first-order valence-electron chi connectivity index (χ1n) is 7.13. The van der Waals surface area contributed by atoms with Gasteiger partial charge in [-0.3, -0.25) is 0 Å². The third-order valence-corrected chi connectivity index (χ3v) is 6.99. The molecule has 3 rings (SSSR count). The Morgan fingerprint density at radius 3 is 1.59 bits per heavy atom. The average molecular weight is 327 g/mol. The molecule has 0 aliphatic heterocycles. The maximum atomic E-state index is 13.8. The summed E-state index contributed by atoms with van der Waals surface area (Å²) in [7, 11) is -2.70. The van der Waals surface area contributed by atoms with Crippen LogP contribution in [0.25, 0.3) is 0 Å². The summed E-state index contributed by atoms with van der Waals surface area (Å²) in [5.41, 5.74) is 1.03. The molecule has 0 saturated heterocycles. The lowest BCUT2D eigenvalue weighted by Crippen LogP contribution is -2.17. The van der Waals surface area contributed by atoms with E-state index in [9.17, 15) is 4.57 Å². The molecule has 0 fully saturated rings. The largest absolute Gasteiger partial charge is 0.313 e. The van der Waals surface area contributed by atoms with Gasteiger partial charge in [0.2, 0.25) is 0 Å². The van der Waals surface area contributed by atoms with Gasteiger partial charge in [0.05, 0.1) is 0 Å². The first-order chi connectivity index (χ1) is 10.7. The lowest BCUT2D eigenvalue weighted by atomic mass is 10.2. The molecule has 3 heteroatoms. The molecule has 0 amide bonds. The second kappa shape index (κ2) is 6.52. The molecule has 3 aromatic carbocycles. The van der Waals surface area contributed by atoms with E-state index in [0.29, 0.717) is 11.2 Å². The van der Waals surface area contributed by atoms with Crippen LogP contribution in [0.1, 0.15) is 5.56 Å². The third-order valence-electron chi connectivity index (χ3n) is 3.67. The van der Waals surface area contributed by atoms with E-state index in [1.807, 2.05) is 84.9 Å². The van der Waals surface area contributed by atoms with Gasteiger partial charge in [-0.25, -0.2) is 0 Å². The average Bonchev–Trinajstić information content (AvgIpc) is 2.58. The van der Waals surface area contributed by atoms with Crippen molar-refractivity contribution in [3.63, 3.8) is 0 Å². The first-order valence-corrected chi connectivity index (χ1v) is 9.40. The molecular formula is C19H16ClOP. The van der Waals surface area contributed by atoms with Gasteiger partial charge in [0, 0.05) is 21.8 Å². The van der Waals surface area contributed by atoms with Gasteiger partial charge < -0.3 is 4.57 Å². The minimum atomic E-state index is -2.70. The minimum absolute atomic E-state index is 0.498. The first kappa shape index (κ1) is 15.1. The highest BCUT2D eigenvalue weighted by Gasteiger charge is 2.27. The molecule has 0 unspecified atom stereocenters. The van der Waals surface area contributed by atoms with Gasteiger partial charge in [-0.05, 0) is 17.7 Å². The number of halogens is 1. The van der Waals surface area contributed by atoms with Crippen LogP contribution in [0, 0.1) is 0 Å². The van der Waals surface area contributed by atoms with Crippen LogP contribution in [0.4, 0.5) is 0 Å². The Labute approximate surface area is 136 Å². The fourth-order valence-electron chi connectivity index (χ4n) is 2.52. The summed E-state index contributed by atoms with van der Waals surface area (Å²) in [6.07, 6.45) is 0.498. The van der Waals surface area contributed by atoms with Gasteiger partial charge in [-0.2, -0.15) is 0 Å². The molecular weight excluding hydrogens is 311 g/mol. The van der Waals surface area contributed by atoms with Gasteiger partial charge in [0.1, 0.15) is 7.14 Å². The summed E-state index contributed by atoms with van der Waals surface area (Å²) in [5, 5.41) is 2.46. The van der Waals surface area contributed by atoms with Crippen LogP contribution in [0.5, 0.6) is 0 Å². The van der Waals surface area contributed by atoms with Crippen molar-refractivity contribution < 1.29 is 4.57 Å². The van der Waals surface area contributed by atoms with Crippen molar-refractivity contribution in [3.05, 3.63) is 95.5 Å². The van der Waals surface area contributed by atoms with E-state index in [1.54, 1.807) is 0 Å². The summed E-state index contributed by atoms with van der Waals surface area (Å²) in [4.78, 5) is 0. The van der Waals surface area contributed by atoms with E-state index in [0.717, 1.165) is 16.2 Å². The molecule has 22 heavy (non-hydrogen) atoms. The highest BCUT2D eigenvalue weighted by atomic mass is 35.5. The maximum absolute atomic E-state index is 13.8. The van der Waals surface area contributed by atoms with E-state index >= 15 is 0 Å². The van der Waals surface area contributed by atoms with Crippen LogP contribution in [0.3, 0.4) is 0 Å². The van der Waals surface area contributed by atoms with E-state index in [1.165, 1.54) is 0 Å². The maximum Gasteiger partial charge on any atom is 0.147 e. The number of hydrogen-bond acceptors (Lipinski definition) is 1. The molecule has 1 nitrogen and oxygen atoms in total. The molecule has 0 N–H and O–H groups in total. The number of benzene rings is 3. The molecule has 110 valence electrons. The Morgan fingerprint density at radius 2 is 1.14 bits per heavy atom. The fourth-order valence-corrected chi connectivity index (χ4v) is 5.34. The minimum Gasteiger partial charge on any atom is -0.313 e. The molecule has 0 spiro atoms. The fraction of sp³-hybridized carbons (Fsp3) is 0.0526. The smallest absolute Gasteiger partial charge is 0.147 e. The van der Waals surface area contributed by atoms with Crippen LogP contribution >= 0.6 is 18.7 Å². The third kappa shape index (κ3) is 3.16.